The monoisotopic (exact) mass is 755 g/mol. The van der Waals surface area contributed by atoms with Gasteiger partial charge in [-0.05, 0) is 12.8 Å². The quantitative estimate of drug-likeness (QED) is 0.0618. The fourth-order valence-electron chi connectivity index (χ4n) is 4.84. The Kier molecular flexibility index (Phi) is 50.1. The van der Waals surface area contributed by atoms with Crippen molar-refractivity contribution in [2.24, 2.45) is 0 Å². The van der Waals surface area contributed by atoms with Gasteiger partial charge in [-0.25, -0.2) is 0 Å². The first-order valence-corrected chi connectivity index (χ1v) is 20.8. The van der Waals surface area contributed by atoms with Gasteiger partial charge in [0.2, 0.25) is 0 Å². The molecule has 0 radical (unpaired) electrons. The third-order valence-electron chi connectivity index (χ3n) is 7.88. The molecule has 0 saturated carbocycles. The van der Waals surface area contributed by atoms with Gasteiger partial charge in [-0.15, -0.1) is 0 Å². The zero-order valence-electron chi connectivity index (χ0n) is 33.8. The topological polar surface area (TPSA) is 111 Å². The average molecular weight is 755 g/mol. The highest BCUT2D eigenvalue weighted by molar-refractivity contribution is 4.48. The highest BCUT2D eigenvalue weighted by Crippen LogP contribution is 2.11. The van der Waals surface area contributed by atoms with E-state index in [4.69, 9.17) is 56.8 Å². The lowest BCUT2D eigenvalue weighted by atomic mass is 10.1. The molecule has 0 aromatic heterocycles. The summed E-state index contributed by atoms with van der Waals surface area (Å²) in [5.74, 6) is 0. The minimum absolute atomic E-state index is 0.522. The Hall–Kier alpha value is -0.480. The molecule has 0 spiro atoms. The van der Waals surface area contributed by atoms with Gasteiger partial charge in [0.15, 0.2) is 0 Å². The Balaban J connectivity index is 3.04. The number of unbranched alkanes of at least 4 members (excludes halogenated alkanes) is 12. The van der Waals surface area contributed by atoms with Crippen molar-refractivity contribution in [1.82, 2.24) is 0 Å². The van der Waals surface area contributed by atoms with Crippen molar-refractivity contribution in [1.29, 1.82) is 0 Å². The SMILES string of the molecule is CCCCCCCCCCCCCOCCOCCOCCOCCOCCOCCOCCOCCOCCOCCOCCOCCCCC. The number of hydrogen-bond donors (Lipinski definition) is 0. The van der Waals surface area contributed by atoms with Gasteiger partial charge in [0.05, 0.1) is 145 Å². The second-order valence-corrected chi connectivity index (χ2v) is 12.6. The molecule has 0 unspecified atom stereocenters. The van der Waals surface area contributed by atoms with Gasteiger partial charge in [0.25, 0.3) is 0 Å². The molecular weight excluding hydrogens is 672 g/mol. The first-order valence-electron chi connectivity index (χ1n) is 20.8. The molecule has 0 amide bonds. The van der Waals surface area contributed by atoms with Crippen LogP contribution in [0.25, 0.3) is 0 Å². The summed E-state index contributed by atoms with van der Waals surface area (Å²) in [6, 6.07) is 0. The van der Waals surface area contributed by atoms with E-state index in [1.807, 2.05) is 0 Å². The van der Waals surface area contributed by atoms with Gasteiger partial charge in [-0.1, -0.05) is 90.9 Å². The average Bonchev–Trinajstić information content (AvgIpc) is 3.16. The maximum atomic E-state index is 5.66. The van der Waals surface area contributed by atoms with Crippen LogP contribution in [0, 0.1) is 0 Å². The van der Waals surface area contributed by atoms with Crippen molar-refractivity contribution in [3.8, 4) is 0 Å². The smallest absolute Gasteiger partial charge is 0.0701 e. The molecule has 0 atom stereocenters. The van der Waals surface area contributed by atoms with Gasteiger partial charge in [0.1, 0.15) is 0 Å². The Bertz CT molecular complexity index is 555. The first-order chi connectivity index (χ1) is 25.9. The standard InChI is InChI=1S/C40H82O12/c1-3-5-7-8-9-10-11-12-13-14-16-18-42-20-22-44-24-26-46-28-30-48-32-34-50-36-38-52-40-39-51-37-35-49-33-31-47-29-27-45-25-23-43-21-19-41-17-15-6-4-2/h3-40H2,1-2H3. The van der Waals surface area contributed by atoms with Crippen molar-refractivity contribution in [2.45, 2.75) is 104 Å². The number of ether oxygens (including phenoxy) is 12. The van der Waals surface area contributed by atoms with Crippen LogP contribution in [0.5, 0.6) is 0 Å². The third-order valence-corrected chi connectivity index (χ3v) is 7.88. The van der Waals surface area contributed by atoms with E-state index in [1.165, 1.54) is 77.0 Å². The molecular formula is C40H82O12. The summed E-state index contributed by atoms with van der Waals surface area (Å²) < 4.78 is 66.3. The molecule has 52 heavy (non-hydrogen) atoms. The molecule has 12 nitrogen and oxygen atoms in total. The minimum atomic E-state index is 0.522. The van der Waals surface area contributed by atoms with Gasteiger partial charge in [-0.2, -0.15) is 0 Å². The van der Waals surface area contributed by atoms with Gasteiger partial charge >= 0.3 is 0 Å². The van der Waals surface area contributed by atoms with E-state index in [1.54, 1.807) is 0 Å². The molecule has 0 rings (SSSR count). The van der Waals surface area contributed by atoms with Gasteiger partial charge in [-0.3, -0.25) is 0 Å². The lowest BCUT2D eigenvalue weighted by molar-refractivity contribution is -0.0284. The van der Waals surface area contributed by atoms with E-state index in [2.05, 4.69) is 13.8 Å². The number of hydrogen-bond acceptors (Lipinski definition) is 12. The van der Waals surface area contributed by atoms with Crippen LogP contribution in [0.3, 0.4) is 0 Å². The minimum Gasteiger partial charge on any atom is -0.379 e. The fraction of sp³-hybridized carbons (Fsp3) is 1.00. The second kappa shape index (κ2) is 50.5. The van der Waals surface area contributed by atoms with Crippen molar-refractivity contribution < 1.29 is 56.8 Å². The largest absolute Gasteiger partial charge is 0.379 e. The summed E-state index contributed by atoms with van der Waals surface area (Å²) in [5.41, 5.74) is 0. The predicted molar refractivity (Wildman–Crippen MR) is 206 cm³/mol. The molecule has 12 heteroatoms. The van der Waals surface area contributed by atoms with Crippen LogP contribution in [0.4, 0.5) is 0 Å². The molecule has 0 aliphatic carbocycles. The lowest BCUT2D eigenvalue weighted by Gasteiger charge is -2.09. The van der Waals surface area contributed by atoms with Gasteiger partial charge in [0, 0.05) is 13.2 Å². The Morgan fingerprint density at radius 3 is 0.500 bits per heavy atom. The van der Waals surface area contributed by atoms with E-state index in [9.17, 15) is 0 Å². The van der Waals surface area contributed by atoms with Crippen LogP contribution < -0.4 is 0 Å². The van der Waals surface area contributed by atoms with Gasteiger partial charge < -0.3 is 56.8 Å². The second-order valence-electron chi connectivity index (χ2n) is 12.6. The van der Waals surface area contributed by atoms with Crippen LogP contribution in [0.1, 0.15) is 104 Å². The molecule has 0 aromatic rings. The maximum absolute atomic E-state index is 5.66. The molecule has 314 valence electrons. The zero-order valence-corrected chi connectivity index (χ0v) is 33.8. The van der Waals surface area contributed by atoms with Crippen LogP contribution in [0.2, 0.25) is 0 Å². The zero-order chi connectivity index (χ0) is 37.4. The normalized spacial score (nSPS) is 11.7. The van der Waals surface area contributed by atoms with Crippen LogP contribution in [-0.4, -0.2) is 159 Å². The summed E-state index contributed by atoms with van der Waals surface area (Å²) in [6.07, 6.45) is 18.4. The maximum Gasteiger partial charge on any atom is 0.0701 e. The van der Waals surface area contributed by atoms with Crippen molar-refractivity contribution in [3.05, 3.63) is 0 Å². The summed E-state index contributed by atoms with van der Waals surface area (Å²) in [5, 5.41) is 0. The van der Waals surface area contributed by atoms with Crippen molar-refractivity contribution >= 4 is 0 Å². The molecule has 0 aliphatic heterocycles. The highest BCUT2D eigenvalue weighted by atomic mass is 16.6. The Morgan fingerprint density at radius 2 is 0.288 bits per heavy atom. The van der Waals surface area contributed by atoms with Crippen molar-refractivity contribution in [2.75, 3.05) is 159 Å². The molecule has 0 heterocycles. The molecule has 0 bridgehead atoms. The molecule has 0 fully saturated rings. The van der Waals surface area contributed by atoms with E-state index in [-0.39, 0.29) is 0 Å². The lowest BCUT2D eigenvalue weighted by Crippen LogP contribution is -2.15. The highest BCUT2D eigenvalue weighted by Gasteiger charge is 1.98. The van der Waals surface area contributed by atoms with Crippen LogP contribution in [-0.2, 0) is 56.8 Å². The summed E-state index contributed by atoms with van der Waals surface area (Å²) in [7, 11) is 0. The third kappa shape index (κ3) is 49.5. The Labute approximate surface area is 318 Å². The van der Waals surface area contributed by atoms with Crippen LogP contribution >= 0.6 is 0 Å². The fourth-order valence-corrected chi connectivity index (χ4v) is 4.84. The van der Waals surface area contributed by atoms with Crippen LogP contribution in [0.15, 0.2) is 0 Å². The predicted octanol–water partition coefficient (Wildman–Crippen LogP) is 6.69. The summed E-state index contributed by atoms with van der Waals surface area (Å²) in [4.78, 5) is 0. The van der Waals surface area contributed by atoms with E-state index >= 15 is 0 Å². The van der Waals surface area contributed by atoms with E-state index in [0.717, 1.165) is 26.1 Å². The van der Waals surface area contributed by atoms with E-state index < -0.39 is 0 Å². The van der Waals surface area contributed by atoms with E-state index in [0.29, 0.717) is 145 Å². The molecule has 0 N–H and O–H groups in total. The first kappa shape index (κ1) is 51.5. The molecule has 0 aromatic carbocycles. The molecule has 0 aliphatic rings. The molecule has 0 saturated heterocycles. The van der Waals surface area contributed by atoms with Crippen molar-refractivity contribution in [3.63, 3.8) is 0 Å². The Morgan fingerprint density at radius 1 is 0.154 bits per heavy atom. The summed E-state index contributed by atoms with van der Waals surface area (Å²) >= 11 is 0. The number of rotatable bonds is 49. The summed E-state index contributed by atoms with van der Waals surface area (Å²) in [6.45, 7) is 18.3.